The molecule has 2 aromatic heterocycles. The molecule has 5 rings (SSSR count). The molecule has 0 radical (unpaired) electrons. The van der Waals surface area contributed by atoms with Gasteiger partial charge in [0.25, 0.3) is 0 Å². The number of thiophene rings is 1. The first kappa shape index (κ1) is 24.3. The van der Waals surface area contributed by atoms with Crippen LogP contribution in [0.2, 0.25) is 0 Å². The van der Waals surface area contributed by atoms with E-state index in [1.54, 1.807) is 6.33 Å². The maximum absolute atomic E-state index is 9.55. The number of hydrogen-bond acceptors (Lipinski definition) is 6. The number of aromatic nitrogens is 2. The number of carboxylic acids is 2. The molecule has 8 heteroatoms. The minimum Gasteiger partial charge on any atom is -0.478 e. The molecule has 35 heavy (non-hydrogen) atoms. The Morgan fingerprint density at radius 3 is 2.46 bits per heavy atom. The van der Waals surface area contributed by atoms with Gasteiger partial charge in [-0.1, -0.05) is 18.2 Å². The van der Waals surface area contributed by atoms with Gasteiger partial charge in [0.05, 0.1) is 0 Å². The molecule has 1 aliphatic heterocycles. The van der Waals surface area contributed by atoms with Crippen molar-refractivity contribution in [3.63, 3.8) is 0 Å². The monoisotopic (exact) mass is 487 g/mol. The van der Waals surface area contributed by atoms with Crippen LogP contribution in [0.25, 0.3) is 21.2 Å². The summed E-state index contributed by atoms with van der Waals surface area (Å²) in [6, 6.07) is 16.1. The van der Waals surface area contributed by atoms with E-state index < -0.39 is 11.9 Å². The first-order valence-electron chi connectivity index (χ1n) is 11.1. The summed E-state index contributed by atoms with van der Waals surface area (Å²) in [5.74, 6) is -2.07. The van der Waals surface area contributed by atoms with Crippen LogP contribution >= 0.6 is 11.3 Å². The lowest BCUT2D eigenvalue weighted by Crippen LogP contribution is -2.17. The van der Waals surface area contributed by atoms with Crippen molar-refractivity contribution in [1.29, 1.82) is 0 Å². The Morgan fingerprint density at radius 1 is 1.00 bits per heavy atom. The Morgan fingerprint density at radius 2 is 1.74 bits per heavy atom. The van der Waals surface area contributed by atoms with E-state index in [0.29, 0.717) is 18.1 Å². The van der Waals surface area contributed by atoms with Crippen molar-refractivity contribution < 1.29 is 19.8 Å². The van der Waals surface area contributed by atoms with Gasteiger partial charge in [-0.05, 0) is 77.3 Å². The SMILES string of the molecule is CN1CCC(c2ccc3sccc3c2)c2ccc(-c3cncnc3)cc2C1.O=C(O)/C=C\C(=O)O. The molecule has 0 saturated carbocycles. The number of benzene rings is 2. The Balaban J connectivity index is 0.000000314. The van der Waals surface area contributed by atoms with Gasteiger partial charge in [-0.3, -0.25) is 0 Å². The zero-order valence-corrected chi connectivity index (χ0v) is 20.0. The zero-order chi connectivity index (χ0) is 24.8. The van der Waals surface area contributed by atoms with Crippen molar-refractivity contribution in [2.75, 3.05) is 13.6 Å². The highest BCUT2D eigenvalue weighted by Gasteiger charge is 2.23. The van der Waals surface area contributed by atoms with Crippen LogP contribution in [0.5, 0.6) is 0 Å². The lowest BCUT2D eigenvalue weighted by molar-refractivity contribution is -0.134. The Labute approximate surface area is 207 Å². The molecule has 178 valence electrons. The number of carboxylic acid groups (broad SMARTS) is 2. The first-order valence-corrected chi connectivity index (χ1v) is 12.0. The van der Waals surface area contributed by atoms with E-state index in [9.17, 15) is 9.59 Å². The van der Waals surface area contributed by atoms with Gasteiger partial charge in [-0.15, -0.1) is 11.3 Å². The molecule has 7 nitrogen and oxygen atoms in total. The molecule has 2 aromatic carbocycles. The summed E-state index contributed by atoms with van der Waals surface area (Å²) in [6.45, 7) is 2.08. The maximum atomic E-state index is 9.55. The summed E-state index contributed by atoms with van der Waals surface area (Å²) in [4.78, 5) is 29.9. The van der Waals surface area contributed by atoms with Gasteiger partial charge in [-0.2, -0.15) is 0 Å². The fourth-order valence-electron chi connectivity index (χ4n) is 4.28. The second-order valence-corrected chi connectivity index (χ2v) is 9.30. The van der Waals surface area contributed by atoms with E-state index in [2.05, 4.69) is 69.8 Å². The Hall–Kier alpha value is -3.88. The third-order valence-corrected chi connectivity index (χ3v) is 6.80. The lowest BCUT2D eigenvalue weighted by Gasteiger charge is -2.19. The molecule has 3 heterocycles. The Kier molecular flexibility index (Phi) is 7.64. The fourth-order valence-corrected chi connectivity index (χ4v) is 5.05. The highest BCUT2D eigenvalue weighted by Crippen LogP contribution is 2.37. The number of nitrogens with zero attached hydrogens (tertiary/aromatic N) is 3. The molecule has 0 bridgehead atoms. The van der Waals surface area contributed by atoms with Gasteiger partial charge in [0.15, 0.2) is 0 Å². The van der Waals surface area contributed by atoms with Gasteiger partial charge in [0.1, 0.15) is 6.33 Å². The van der Waals surface area contributed by atoms with Crippen LogP contribution < -0.4 is 0 Å². The number of carbonyl (C=O) groups is 2. The van der Waals surface area contributed by atoms with Crippen LogP contribution in [0, 0.1) is 0 Å². The van der Waals surface area contributed by atoms with Crippen LogP contribution in [0.1, 0.15) is 29.0 Å². The quantitative estimate of drug-likeness (QED) is 0.389. The van der Waals surface area contributed by atoms with Crippen molar-refractivity contribution in [2.24, 2.45) is 0 Å². The number of rotatable bonds is 4. The molecule has 0 spiro atoms. The molecule has 1 atom stereocenters. The normalized spacial score (nSPS) is 15.7. The van der Waals surface area contributed by atoms with Crippen molar-refractivity contribution >= 4 is 33.4 Å². The number of aliphatic carboxylic acids is 2. The summed E-state index contributed by atoms with van der Waals surface area (Å²) in [5, 5.41) is 19.2. The molecular weight excluding hydrogens is 462 g/mol. The first-order chi connectivity index (χ1) is 16.9. The van der Waals surface area contributed by atoms with Crippen LogP contribution in [0.4, 0.5) is 0 Å². The van der Waals surface area contributed by atoms with Crippen molar-refractivity contribution in [3.05, 3.63) is 95.4 Å². The average molecular weight is 488 g/mol. The number of fused-ring (bicyclic) bond motifs is 2. The molecule has 1 aliphatic rings. The molecule has 0 amide bonds. The second kappa shape index (κ2) is 11.0. The third-order valence-electron chi connectivity index (χ3n) is 5.90. The van der Waals surface area contributed by atoms with Gasteiger partial charge >= 0.3 is 11.9 Å². The Bertz CT molecular complexity index is 1350. The van der Waals surface area contributed by atoms with Gasteiger partial charge in [0.2, 0.25) is 0 Å². The van der Waals surface area contributed by atoms with E-state index in [4.69, 9.17) is 10.2 Å². The third kappa shape index (κ3) is 6.17. The predicted molar refractivity (Wildman–Crippen MR) is 136 cm³/mol. The molecule has 4 aromatic rings. The summed E-state index contributed by atoms with van der Waals surface area (Å²) >= 11 is 1.81. The molecule has 0 saturated heterocycles. The topological polar surface area (TPSA) is 104 Å². The fraction of sp³-hybridized carbons (Fsp3) is 0.185. The molecule has 2 N–H and O–H groups in total. The second-order valence-electron chi connectivity index (χ2n) is 8.35. The average Bonchev–Trinajstić information content (AvgIpc) is 3.26. The van der Waals surface area contributed by atoms with Crippen molar-refractivity contribution in [1.82, 2.24) is 14.9 Å². The minimum atomic E-state index is -1.26. The largest absolute Gasteiger partial charge is 0.478 e. The highest BCUT2D eigenvalue weighted by atomic mass is 32.1. The summed E-state index contributed by atoms with van der Waals surface area (Å²) < 4.78 is 1.36. The van der Waals surface area contributed by atoms with Crippen LogP contribution in [0.15, 0.2) is 78.7 Å². The molecule has 0 fully saturated rings. The summed E-state index contributed by atoms with van der Waals surface area (Å²) in [5.41, 5.74) is 6.55. The predicted octanol–water partition coefficient (Wildman–Crippen LogP) is 5.04. The van der Waals surface area contributed by atoms with E-state index in [1.807, 2.05) is 23.7 Å². The van der Waals surface area contributed by atoms with Crippen LogP contribution in [0.3, 0.4) is 0 Å². The maximum Gasteiger partial charge on any atom is 0.328 e. The minimum absolute atomic E-state index is 0.440. The smallest absolute Gasteiger partial charge is 0.328 e. The lowest BCUT2D eigenvalue weighted by atomic mass is 9.85. The van der Waals surface area contributed by atoms with Crippen LogP contribution in [-0.4, -0.2) is 50.6 Å². The highest BCUT2D eigenvalue weighted by molar-refractivity contribution is 7.17. The molecule has 0 aliphatic carbocycles. The standard InChI is InChI=1S/C23H21N3S.C4H4O4/c1-26-8-6-22(17-3-5-23-18(11-17)7-9-27-23)21-4-2-16(10-19(21)14-26)20-12-24-15-25-13-20;5-3(6)1-2-4(7)8/h2-5,7,9-13,15,22H,6,8,14H2,1H3;1-2H,(H,5,6)(H,7,8)/b;2-1-. The molecular formula is C27H25N3O4S. The van der Waals surface area contributed by atoms with Gasteiger partial charge in [-0.25, -0.2) is 19.6 Å². The van der Waals surface area contributed by atoms with E-state index in [1.165, 1.54) is 32.3 Å². The van der Waals surface area contributed by atoms with E-state index >= 15 is 0 Å². The number of hydrogen-bond donors (Lipinski definition) is 2. The van der Waals surface area contributed by atoms with Crippen molar-refractivity contribution in [2.45, 2.75) is 18.9 Å². The summed E-state index contributed by atoms with van der Waals surface area (Å²) in [7, 11) is 2.21. The van der Waals surface area contributed by atoms with E-state index in [0.717, 1.165) is 25.1 Å². The van der Waals surface area contributed by atoms with Crippen molar-refractivity contribution in [3.8, 4) is 11.1 Å². The van der Waals surface area contributed by atoms with E-state index in [-0.39, 0.29) is 0 Å². The molecule has 1 unspecified atom stereocenters. The van der Waals surface area contributed by atoms with Gasteiger partial charge in [0, 0.05) is 47.3 Å². The van der Waals surface area contributed by atoms with Crippen LogP contribution in [-0.2, 0) is 16.1 Å². The van der Waals surface area contributed by atoms with Gasteiger partial charge < -0.3 is 15.1 Å². The summed E-state index contributed by atoms with van der Waals surface area (Å²) in [6.07, 6.45) is 7.61. The zero-order valence-electron chi connectivity index (χ0n) is 19.2.